The molecule has 2 nitrogen and oxygen atoms in total. The lowest BCUT2D eigenvalue weighted by Gasteiger charge is -2.44. The molecule has 5 rings (SSSR count). The number of rotatable bonds is 6. The second-order valence-electron chi connectivity index (χ2n) is 8.59. The summed E-state index contributed by atoms with van der Waals surface area (Å²) >= 11 is 0. The lowest BCUT2D eigenvalue weighted by molar-refractivity contribution is -0.104. The molecule has 0 heterocycles. The van der Waals surface area contributed by atoms with Gasteiger partial charge in [0.15, 0.2) is 6.29 Å². The van der Waals surface area contributed by atoms with Gasteiger partial charge in [0, 0.05) is 0 Å². The zero-order chi connectivity index (χ0) is 15.7. The van der Waals surface area contributed by atoms with Crippen LogP contribution in [-0.4, -0.2) is 12.9 Å². The molecule has 4 fully saturated rings. The molecule has 4 aliphatic carbocycles. The number of hydrogen-bond acceptors (Lipinski definition) is 2. The summed E-state index contributed by atoms with van der Waals surface area (Å²) in [6, 6.07) is 8.03. The van der Waals surface area contributed by atoms with E-state index < -0.39 is 0 Å². The molecule has 1 aromatic rings. The van der Waals surface area contributed by atoms with Crippen LogP contribution in [0.3, 0.4) is 0 Å². The number of fused-ring (bicyclic) bond motifs is 1. The smallest absolute Gasteiger partial charge is 0.196 e. The Balaban J connectivity index is 1.19. The summed E-state index contributed by atoms with van der Waals surface area (Å²) in [7, 11) is 0. The first kappa shape index (κ1) is 14.1. The summed E-state index contributed by atoms with van der Waals surface area (Å²) in [6.07, 6.45) is 8.98. The normalized spacial score (nSPS) is 43.3. The van der Waals surface area contributed by atoms with Gasteiger partial charge in [0.25, 0.3) is 0 Å². The Hall–Kier alpha value is -1.28. The summed E-state index contributed by atoms with van der Waals surface area (Å²) < 4.78 is 12.1. The Kier molecular flexibility index (Phi) is 2.84. The molecular formula is C21H26O2. The van der Waals surface area contributed by atoms with E-state index >= 15 is 0 Å². The average molecular weight is 310 g/mol. The van der Waals surface area contributed by atoms with Crippen LogP contribution in [0.2, 0.25) is 0 Å². The lowest BCUT2D eigenvalue weighted by atomic mass is 9.61. The molecule has 1 spiro atoms. The molecule has 122 valence electrons. The van der Waals surface area contributed by atoms with Crippen molar-refractivity contribution in [3.05, 3.63) is 36.4 Å². The van der Waals surface area contributed by atoms with Crippen LogP contribution in [0.4, 0.5) is 0 Å². The lowest BCUT2D eigenvalue weighted by Crippen LogP contribution is -2.38. The number of hydrogen-bond donors (Lipinski definition) is 0. The number of benzene rings is 1. The summed E-state index contributed by atoms with van der Waals surface area (Å²) in [5.41, 5.74) is 2.42. The predicted octanol–water partition coefficient (Wildman–Crippen LogP) is 4.90. The predicted molar refractivity (Wildman–Crippen MR) is 91.0 cm³/mol. The van der Waals surface area contributed by atoms with E-state index in [0.717, 1.165) is 41.1 Å². The first-order chi connectivity index (χ1) is 11.1. The van der Waals surface area contributed by atoms with Gasteiger partial charge in [-0.05, 0) is 85.3 Å². The van der Waals surface area contributed by atoms with E-state index in [1.807, 2.05) is 37.3 Å². The van der Waals surface area contributed by atoms with Crippen LogP contribution in [-0.2, 0) is 4.74 Å². The van der Waals surface area contributed by atoms with E-state index in [4.69, 9.17) is 9.47 Å². The largest absolute Gasteiger partial charge is 0.465 e. The van der Waals surface area contributed by atoms with Gasteiger partial charge >= 0.3 is 0 Å². The minimum Gasteiger partial charge on any atom is -0.465 e. The molecule has 0 amide bonds. The molecule has 0 aliphatic heterocycles. The van der Waals surface area contributed by atoms with Gasteiger partial charge in [-0.2, -0.15) is 0 Å². The van der Waals surface area contributed by atoms with Gasteiger partial charge in [0.05, 0.1) is 6.61 Å². The molecule has 0 aromatic heterocycles. The molecule has 6 unspecified atom stereocenters. The molecule has 23 heavy (non-hydrogen) atoms. The highest BCUT2D eigenvalue weighted by molar-refractivity contribution is 5.48. The standard InChI is InChI=1S/C21H26O2/c1-3-15-4-6-18(7-5-15)23-14(2)22-13-20-8-16-9-21(19(16)12-20)11-17(21)10-20/h3-7,14,16-17,19H,1,8-13H2,2H3. The molecular weight excluding hydrogens is 284 g/mol. The van der Waals surface area contributed by atoms with Crippen molar-refractivity contribution < 1.29 is 9.47 Å². The quantitative estimate of drug-likeness (QED) is 0.696. The SMILES string of the molecule is C=Cc1ccc(OC(C)OCC23CC4CC5(CC5C2)C4C3)cc1. The highest BCUT2D eigenvalue weighted by Crippen LogP contribution is 2.83. The van der Waals surface area contributed by atoms with Crippen molar-refractivity contribution in [2.75, 3.05) is 6.61 Å². The Morgan fingerprint density at radius 3 is 2.78 bits per heavy atom. The molecule has 0 saturated heterocycles. The molecule has 2 bridgehead atoms. The van der Waals surface area contributed by atoms with Gasteiger partial charge in [-0.25, -0.2) is 0 Å². The van der Waals surface area contributed by atoms with Gasteiger partial charge in [-0.3, -0.25) is 0 Å². The molecule has 6 atom stereocenters. The minimum atomic E-state index is -0.178. The first-order valence-electron chi connectivity index (χ1n) is 9.13. The summed E-state index contributed by atoms with van der Waals surface area (Å²) in [5, 5.41) is 0. The summed E-state index contributed by atoms with van der Waals surface area (Å²) in [6.45, 7) is 6.68. The zero-order valence-electron chi connectivity index (χ0n) is 14.0. The molecule has 2 heteroatoms. The second-order valence-corrected chi connectivity index (χ2v) is 8.59. The van der Waals surface area contributed by atoms with Gasteiger partial charge in [-0.15, -0.1) is 0 Å². The molecule has 0 N–H and O–H groups in total. The highest BCUT2D eigenvalue weighted by Gasteiger charge is 2.76. The zero-order valence-corrected chi connectivity index (χ0v) is 14.0. The minimum absolute atomic E-state index is 0.178. The van der Waals surface area contributed by atoms with Crippen molar-refractivity contribution in [3.63, 3.8) is 0 Å². The van der Waals surface area contributed by atoms with Crippen LogP contribution in [0.15, 0.2) is 30.8 Å². The maximum absolute atomic E-state index is 6.15. The molecule has 4 aliphatic rings. The van der Waals surface area contributed by atoms with Crippen LogP contribution in [0.25, 0.3) is 6.08 Å². The van der Waals surface area contributed by atoms with Crippen molar-refractivity contribution in [2.24, 2.45) is 28.6 Å². The van der Waals surface area contributed by atoms with Crippen LogP contribution >= 0.6 is 0 Å². The van der Waals surface area contributed by atoms with Crippen LogP contribution in [0.5, 0.6) is 5.75 Å². The maximum Gasteiger partial charge on any atom is 0.196 e. The Labute approximate surface area is 138 Å². The maximum atomic E-state index is 6.15. The third kappa shape index (κ3) is 2.04. The Morgan fingerprint density at radius 2 is 2.00 bits per heavy atom. The fraction of sp³-hybridized carbons (Fsp3) is 0.619. The first-order valence-corrected chi connectivity index (χ1v) is 9.13. The van der Waals surface area contributed by atoms with Gasteiger partial charge in [-0.1, -0.05) is 24.8 Å². The fourth-order valence-corrected chi connectivity index (χ4v) is 6.23. The van der Waals surface area contributed by atoms with E-state index in [1.54, 1.807) is 0 Å². The average Bonchev–Trinajstić information content (AvgIpc) is 3.23. The monoisotopic (exact) mass is 310 g/mol. The van der Waals surface area contributed by atoms with E-state index in [1.165, 1.54) is 32.1 Å². The fourth-order valence-electron chi connectivity index (χ4n) is 6.23. The third-order valence-corrected chi connectivity index (χ3v) is 7.30. The topological polar surface area (TPSA) is 18.5 Å². The Bertz CT molecular complexity index is 632. The number of ether oxygens (including phenoxy) is 2. The van der Waals surface area contributed by atoms with Crippen molar-refractivity contribution in [2.45, 2.75) is 45.3 Å². The molecule has 4 saturated carbocycles. The van der Waals surface area contributed by atoms with Crippen LogP contribution in [0.1, 0.15) is 44.6 Å². The second kappa shape index (κ2) is 4.63. The third-order valence-electron chi connectivity index (χ3n) is 7.30. The van der Waals surface area contributed by atoms with Gasteiger partial charge < -0.3 is 9.47 Å². The van der Waals surface area contributed by atoms with E-state index in [9.17, 15) is 0 Å². The van der Waals surface area contributed by atoms with Crippen molar-refractivity contribution in [1.82, 2.24) is 0 Å². The van der Waals surface area contributed by atoms with Crippen molar-refractivity contribution >= 4 is 6.08 Å². The van der Waals surface area contributed by atoms with Crippen LogP contribution < -0.4 is 4.74 Å². The van der Waals surface area contributed by atoms with Gasteiger partial charge in [0.2, 0.25) is 0 Å². The summed E-state index contributed by atoms with van der Waals surface area (Å²) in [4.78, 5) is 0. The Morgan fingerprint density at radius 1 is 1.17 bits per heavy atom. The van der Waals surface area contributed by atoms with Crippen LogP contribution in [0, 0.1) is 28.6 Å². The van der Waals surface area contributed by atoms with Crippen molar-refractivity contribution in [3.8, 4) is 5.75 Å². The van der Waals surface area contributed by atoms with Crippen molar-refractivity contribution in [1.29, 1.82) is 0 Å². The highest BCUT2D eigenvalue weighted by atomic mass is 16.7. The van der Waals surface area contributed by atoms with E-state index in [2.05, 4.69) is 6.58 Å². The van der Waals surface area contributed by atoms with Gasteiger partial charge in [0.1, 0.15) is 5.75 Å². The van der Waals surface area contributed by atoms with E-state index in [0.29, 0.717) is 5.41 Å². The summed E-state index contributed by atoms with van der Waals surface area (Å²) in [5.74, 6) is 3.98. The van der Waals surface area contributed by atoms with E-state index in [-0.39, 0.29) is 6.29 Å². The molecule has 0 radical (unpaired) electrons. The molecule has 1 aromatic carbocycles.